The number of nitrogens with zero attached hydrogens (tertiary/aromatic N) is 1. The van der Waals surface area contributed by atoms with Crippen molar-refractivity contribution >= 4 is 22.4 Å². The smallest absolute Gasteiger partial charge is 0.226 e. The molecule has 6 heteroatoms. The molecule has 0 aliphatic heterocycles. The van der Waals surface area contributed by atoms with Gasteiger partial charge >= 0.3 is 0 Å². The van der Waals surface area contributed by atoms with Crippen LogP contribution in [0, 0.1) is 46.3 Å². The molecule has 0 bridgehead atoms. The van der Waals surface area contributed by atoms with Gasteiger partial charge in [-0.2, -0.15) is 0 Å². The number of rotatable bonds is 5. The SMILES string of the molecule is C[C@H](CCC(=O)Nc1nccs1)[C@H]1CC[C@H]2[C@@H]3CC[C@@H]4C[C@H](O)CC[C@]4(C)[C@H]3C[C@H](O)[C@]12C. The maximum Gasteiger partial charge on any atom is 0.226 e. The van der Waals surface area contributed by atoms with Crippen molar-refractivity contribution < 1.29 is 15.0 Å². The summed E-state index contributed by atoms with van der Waals surface area (Å²) in [4.78, 5) is 16.6. The van der Waals surface area contributed by atoms with Gasteiger partial charge in [-0.3, -0.25) is 4.79 Å². The molecule has 33 heavy (non-hydrogen) atoms. The van der Waals surface area contributed by atoms with Crippen LogP contribution in [-0.4, -0.2) is 33.3 Å². The minimum atomic E-state index is -0.259. The molecule has 1 aromatic rings. The number of aliphatic hydroxyl groups is 2. The lowest BCUT2D eigenvalue weighted by Gasteiger charge is -2.62. The molecule has 4 aliphatic rings. The van der Waals surface area contributed by atoms with Crippen molar-refractivity contribution in [3.63, 3.8) is 0 Å². The zero-order chi connectivity index (χ0) is 23.4. The molecular weight excluding hydrogens is 432 g/mol. The fourth-order valence-corrected chi connectivity index (χ4v) is 9.73. The number of hydrogen-bond donors (Lipinski definition) is 3. The van der Waals surface area contributed by atoms with Crippen LogP contribution in [0.25, 0.3) is 0 Å². The molecule has 184 valence electrons. The van der Waals surface area contributed by atoms with Crippen molar-refractivity contribution in [2.24, 2.45) is 46.3 Å². The fourth-order valence-electron chi connectivity index (χ4n) is 9.19. The van der Waals surface area contributed by atoms with Gasteiger partial charge in [0.05, 0.1) is 12.2 Å². The predicted molar refractivity (Wildman–Crippen MR) is 132 cm³/mol. The first-order valence-electron chi connectivity index (χ1n) is 13.3. The number of aliphatic hydroxyl groups excluding tert-OH is 2. The molecule has 0 unspecified atom stereocenters. The average Bonchev–Trinajstić information content (AvgIpc) is 3.41. The quantitative estimate of drug-likeness (QED) is 0.527. The first-order valence-corrected chi connectivity index (χ1v) is 14.2. The Bertz CT molecular complexity index is 846. The summed E-state index contributed by atoms with van der Waals surface area (Å²) in [6.07, 6.45) is 11.5. The van der Waals surface area contributed by atoms with Crippen LogP contribution in [-0.2, 0) is 4.79 Å². The highest BCUT2D eigenvalue weighted by Crippen LogP contribution is 2.68. The number of aromatic nitrogens is 1. The molecule has 4 saturated carbocycles. The van der Waals surface area contributed by atoms with Crippen LogP contribution >= 0.6 is 11.3 Å². The molecule has 4 fully saturated rings. The number of hydrogen-bond acceptors (Lipinski definition) is 5. The number of carbonyl (C=O) groups excluding carboxylic acids is 1. The second-order valence-electron chi connectivity index (χ2n) is 12.3. The van der Waals surface area contributed by atoms with Crippen molar-refractivity contribution in [3.05, 3.63) is 11.6 Å². The Labute approximate surface area is 202 Å². The Morgan fingerprint density at radius 2 is 2.00 bits per heavy atom. The largest absolute Gasteiger partial charge is 0.393 e. The summed E-state index contributed by atoms with van der Waals surface area (Å²) in [5, 5.41) is 27.4. The van der Waals surface area contributed by atoms with Crippen LogP contribution in [0.3, 0.4) is 0 Å². The lowest BCUT2D eigenvalue weighted by atomic mass is 9.43. The summed E-state index contributed by atoms with van der Waals surface area (Å²) in [5.41, 5.74) is 0.242. The number of thiazole rings is 1. The lowest BCUT2D eigenvalue weighted by Crippen LogP contribution is -2.58. The Kier molecular flexibility index (Phi) is 6.41. The maximum absolute atomic E-state index is 12.4. The van der Waals surface area contributed by atoms with E-state index in [2.05, 4.69) is 31.1 Å². The summed E-state index contributed by atoms with van der Waals surface area (Å²) in [5.74, 6) is 3.45. The van der Waals surface area contributed by atoms with E-state index in [-0.39, 0.29) is 28.9 Å². The van der Waals surface area contributed by atoms with E-state index >= 15 is 0 Å². The third kappa shape index (κ3) is 3.98. The number of amides is 1. The zero-order valence-electron chi connectivity index (χ0n) is 20.5. The van der Waals surface area contributed by atoms with E-state index < -0.39 is 0 Å². The van der Waals surface area contributed by atoms with Gasteiger partial charge in [0.2, 0.25) is 5.91 Å². The van der Waals surface area contributed by atoms with Gasteiger partial charge in [-0.15, -0.1) is 11.3 Å². The van der Waals surface area contributed by atoms with Crippen molar-refractivity contribution in [3.8, 4) is 0 Å². The van der Waals surface area contributed by atoms with Gasteiger partial charge in [0.1, 0.15) is 0 Å². The highest BCUT2D eigenvalue weighted by Gasteiger charge is 2.63. The normalized spacial score (nSPS) is 45.5. The standard InChI is InChI=1S/C27H42N2O3S/c1-16(4-9-24(32)29-25-28-12-13-33-25)20-7-8-21-19-6-5-17-14-18(30)10-11-26(17,2)22(19)15-23(31)27(20,21)3/h12-13,16-23,30-31H,4-11,14-15H2,1-3H3,(H,28,29,32)/t16-,17-,18-,19+,20-,21+,22+,23+,26+,27-/m1/s1. The first-order chi connectivity index (χ1) is 15.7. The molecular formula is C27H42N2O3S. The van der Waals surface area contributed by atoms with Gasteiger partial charge in [0, 0.05) is 18.0 Å². The molecule has 0 radical (unpaired) electrons. The average molecular weight is 475 g/mol. The molecule has 0 aromatic carbocycles. The van der Waals surface area contributed by atoms with E-state index in [1.807, 2.05) is 5.38 Å². The van der Waals surface area contributed by atoms with Crippen molar-refractivity contribution in [1.82, 2.24) is 4.98 Å². The number of nitrogens with one attached hydrogen (secondary N) is 1. The molecule has 1 aromatic heterocycles. The number of anilines is 1. The van der Waals surface area contributed by atoms with Crippen molar-refractivity contribution in [1.29, 1.82) is 0 Å². The first kappa shape index (κ1) is 23.7. The van der Waals surface area contributed by atoms with E-state index in [1.54, 1.807) is 6.20 Å². The van der Waals surface area contributed by atoms with Gasteiger partial charge in [-0.1, -0.05) is 20.8 Å². The van der Waals surface area contributed by atoms with E-state index in [0.717, 1.165) is 32.1 Å². The molecule has 5 rings (SSSR count). The molecule has 1 amide bonds. The predicted octanol–water partition coefficient (Wildman–Crippen LogP) is 5.49. The van der Waals surface area contributed by atoms with E-state index in [1.165, 1.54) is 37.0 Å². The molecule has 1 heterocycles. The molecule has 4 aliphatic carbocycles. The molecule has 5 nitrogen and oxygen atoms in total. The Balaban J connectivity index is 1.27. The molecule has 3 N–H and O–H groups in total. The van der Waals surface area contributed by atoms with Gasteiger partial charge in [-0.05, 0) is 104 Å². The lowest BCUT2D eigenvalue weighted by molar-refractivity contribution is -0.174. The van der Waals surface area contributed by atoms with Crippen molar-refractivity contribution in [2.75, 3.05) is 5.32 Å². The maximum atomic E-state index is 12.4. The third-order valence-electron chi connectivity index (χ3n) is 11.0. The molecule has 0 spiro atoms. The Morgan fingerprint density at radius 1 is 1.18 bits per heavy atom. The second-order valence-corrected chi connectivity index (χ2v) is 13.2. The summed E-state index contributed by atoms with van der Waals surface area (Å²) < 4.78 is 0. The van der Waals surface area contributed by atoms with Gasteiger partial charge in [-0.25, -0.2) is 4.98 Å². The second kappa shape index (κ2) is 8.91. The summed E-state index contributed by atoms with van der Waals surface area (Å²) in [7, 11) is 0. The molecule has 0 saturated heterocycles. The van der Waals surface area contributed by atoms with Crippen LogP contribution in [0.5, 0.6) is 0 Å². The summed E-state index contributed by atoms with van der Waals surface area (Å²) in [6.45, 7) is 7.15. The zero-order valence-corrected chi connectivity index (χ0v) is 21.3. The minimum Gasteiger partial charge on any atom is -0.393 e. The van der Waals surface area contributed by atoms with Gasteiger partial charge < -0.3 is 15.5 Å². The van der Waals surface area contributed by atoms with E-state index in [9.17, 15) is 15.0 Å². The topological polar surface area (TPSA) is 82.5 Å². The van der Waals surface area contributed by atoms with Crippen molar-refractivity contribution in [2.45, 2.75) is 97.2 Å². The number of carbonyl (C=O) groups is 1. The van der Waals surface area contributed by atoms with Gasteiger partial charge in [0.15, 0.2) is 5.13 Å². The summed E-state index contributed by atoms with van der Waals surface area (Å²) in [6, 6.07) is 0. The highest BCUT2D eigenvalue weighted by molar-refractivity contribution is 7.13. The third-order valence-corrected chi connectivity index (χ3v) is 11.7. The Hall–Kier alpha value is -0.980. The summed E-state index contributed by atoms with van der Waals surface area (Å²) >= 11 is 1.45. The van der Waals surface area contributed by atoms with Crippen LogP contribution in [0.1, 0.15) is 85.0 Å². The minimum absolute atomic E-state index is 0.0380. The van der Waals surface area contributed by atoms with Gasteiger partial charge in [0.25, 0.3) is 0 Å². The van der Waals surface area contributed by atoms with Crippen LogP contribution in [0.4, 0.5) is 5.13 Å². The van der Waals surface area contributed by atoms with E-state index in [4.69, 9.17) is 0 Å². The highest BCUT2D eigenvalue weighted by atomic mass is 32.1. The fraction of sp³-hybridized carbons (Fsp3) is 0.852. The Morgan fingerprint density at radius 3 is 2.76 bits per heavy atom. The van der Waals surface area contributed by atoms with Crippen LogP contribution in [0.2, 0.25) is 0 Å². The number of fused-ring (bicyclic) bond motifs is 5. The monoisotopic (exact) mass is 474 g/mol. The van der Waals surface area contributed by atoms with E-state index in [0.29, 0.717) is 47.1 Å². The molecule has 10 atom stereocenters. The van der Waals surface area contributed by atoms with Crippen LogP contribution < -0.4 is 5.32 Å². The van der Waals surface area contributed by atoms with Crippen LogP contribution in [0.15, 0.2) is 11.6 Å².